The van der Waals surface area contributed by atoms with Gasteiger partial charge in [0, 0.05) is 5.41 Å². The van der Waals surface area contributed by atoms with Crippen LogP contribution in [0.25, 0.3) is 0 Å². The Labute approximate surface area is 153 Å². The summed E-state index contributed by atoms with van der Waals surface area (Å²) in [5, 5.41) is 25.6. The van der Waals surface area contributed by atoms with Gasteiger partial charge >= 0.3 is 11.9 Å². The molecule has 0 bridgehead atoms. The number of benzene rings is 2. The average molecular weight is 361 g/mol. The molecule has 1 atom stereocenters. The van der Waals surface area contributed by atoms with Crippen LogP contribution in [0, 0.1) is 5.41 Å². The topological polar surface area (TPSA) is 121 Å². The van der Waals surface area contributed by atoms with E-state index in [2.05, 4.69) is 0 Å². The number of carboxylic acids is 2. The van der Waals surface area contributed by atoms with E-state index in [1.165, 1.54) is 0 Å². The van der Waals surface area contributed by atoms with Gasteiger partial charge in [-0.2, -0.15) is 0 Å². The van der Waals surface area contributed by atoms with Crippen LogP contribution in [0.1, 0.15) is 47.9 Å². The second-order valence-corrected chi connectivity index (χ2v) is 6.13. The molecule has 0 aliphatic carbocycles. The maximum absolute atomic E-state index is 10.2. The lowest BCUT2D eigenvalue weighted by atomic mass is 9.89. The highest BCUT2D eigenvalue weighted by Gasteiger charge is 2.21. The zero-order chi connectivity index (χ0) is 20.2. The van der Waals surface area contributed by atoms with Crippen LogP contribution in [-0.4, -0.2) is 33.5 Å². The number of hydrogen-bond donors (Lipinski definition) is 4. The van der Waals surface area contributed by atoms with Crippen molar-refractivity contribution in [1.82, 2.24) is 0 Å². The highest BCUT2D eigenvalue weighted by molar-refractivity contribution is 5.87. The third-order valence-electron chi connectivity index (χ3n) is 3.75. The summed E-state index contributed by atoms with van der Waals surface area (Å²) >= 11 is 0. The van der Waals surface area contributed by atoms with Gasteiger partial charge in [-0.3, -0.25) is 0 Å². The van der Waals surface area contributed by atoms with E-state index in [9.17, 15) is 9.59 Å². The lowest BCUT2D eigenvalue weighted by Crippen LogP contribution is -2.36. The fraction of sp³-hybridized carbons (Fsp3) is 0.300. The largest absolute Gasteiger partial charge is 0.478 e. The molecule has 1 unspecified atom stereocenters. The summed E-state index contributed by atoms with van der Waals surface area (Å²) in [4.78, 5) is 20.4. The lowest BCUT2D eigenvalue weighted by molar-refractivity contribution is 0.0532. The molecule has 2 aromatic rings. The van der Waals surface area contributed by atoms with E-state index in [1.807, 2.05) is 20.8 Å². The van der Waals surface area contributed by atoms with Crippen molar-refractivity contribution in [3.8, 4) is 0 Å². The van der Waals surface area contributed by atoms with Crippen LogP contribution in [0.2, 0.25) is 0 Å². The summed E-state index contributed by atoms with van der Waals surface area (Å²) in [7, 11) is 0. The Morgan fingerprint density at radius 1 is 0.885 bits per heavy atom. The zero-order valence-electron chi connectivity index (χ0n) is 15.3. The minimum absolute atomic E-state index is 0.125. The molecule has 5 N–H and O–H groups in total. The molecule has 2 aromatic carbocycles. The van der Waals surface area contributed by atoms with Gasteiger partial charge in [0.2, 0.25) is 0 Å². The Hall–Kier alpha value is -2.70. The summed E-state index contributed by atoms with van der Waals surface area (Å²) in [5.41, 5.74) is 5.77. The van der Waals surface area contributed by atoms with Crippen molar-refractivity contribution in [2.24, 2.45) is 11.1 Å². The lowest BCUT2D eigenvalue weighted by Gasteiger charge is -2.25. The molecule has 0 radical (unpaired) electrons. The van der Waals surface area contributed by atoms with E-state index in [1.54, 1.807) is 60.7 Å². The number of rotatable bonds is 4. The van der Waals surface area contributed by atoms with Crippen LogP contribution < -0.4 is 5.73 Å². The second kappa shape index (κ2) is 11.8. The molecule has 0 fully saturated rings. The quantitative estimate of drug-likeness (QED) is 0.619. The van der Waals surface area contributed by atoms with Gasteiger partial charge in [-0.1, -0.05) is 57.2 Å². The Morgan fingerprint density at radius 3 is 1.31 bits per heavy atom. The van der Waals surface area contributed by atoms with E-state index < -0.39 is 18.2 Å². The van der Waals surface area contributed by atoms with Crippen LogP contribution in [0.15, 0.2) is 60.7 Å². The smallest absolute Gasteiger partial charge is 0.335 e. The molecule has 6 heteroatoms. The first kappa shape index (κ1) is 23.3. The molecule has 2 rings (SSSR count). The Morgan fingerprint density at radius 2 is 1.19 bits per heavy atom. The minimum atomic E-state index is -0.879. The highest BCUT2D eigenvalue weighted by Crippen LogP contribution is 2.20. The molecule has 0 aromatic heterocycles. The predicted octanol–water partition coefficient (Wildman–Crippen LogP) is 3.47. The molecule has 0 spiro atoms. The van der Waals surface area contributed by atoms with E-state index in [-0.39, 0.29) is 5.41 Å². The molecule has 0 heterocycles. The highest BCUT2D eigenvalue weighted by atomic mass is 16.4. The summed E-state index contributed by atoms with van der Waals surface area (Å²) in [6, 6.07) is 16.6. The fourth-order valence-corrected chi connectivity index (χ4v) is 1.37. The van der Waals surface area contributed by atoms with Crippen molar-refractivity contribution in [2.75, 3.05) is 0 Å². The molecule has 6 nitrogen and oxygen atoms in total. The first-order valence-electron chi connectivity index (χ1n) is 8.12. The monoisotopic (exact) mass is 361 g/mol. The standard InChI is InChI=1S/2C7H6O2.C6H15NO/c2*8-7(9)6-4-2-1-3-5-6;1-4-6(2,3)5(7)8/h2*1-5H,(H,8,9);5,8H,4,7H2,1-3H3. The number of hydrogen-bond acceptors (Lipinski definition) is 4. The zero-order valence-corrected chi connectivity index (χ0v) is 15.3. The third-order valence-corrected chi connectivity index (χ3v) is 3.75. The van der Waals surface area contributed by atoms with Gasteiger partial charge in [0.1, 0.15) is 6.23 Å². The molecule has 142 valence electrons. The van der Waals surface area contributed by atoms with Crippen molar-refractivity contribution >= 4 is 11.9 Å². The van der Waals surface area contributed by atoms with Gasteiger partial charge in [-0.25, -0.2) is 9.59 Å². The molecular weight excluding hydrogens is 334 g/mol. The molecule has 0 aliphatic rings. The predicted molar refractivity (Wildman–Crippen MR) is 101 cm³/mol. The van der Waals surface area contributed by atoms with E-state index in [0.29, 0.717) is 11.1 Å². The molecule has 0 amide bonds. The molecule has 26 heavy (non-hydrogen) atoms. The SMILES string of the molecule is CCC(C)(C)C(N)O.O=C(O)c1ccccc1.O=C(O)c1ccccc1. The van der Waals surface area contributed by atoms with E-state index >= 15 is 0 Å². The number of aliphatic hydroxyl groups is 1. The van der Waals surface area contributed by atoms with Crippen LogP contribution in [-0.2, 0) is 0 Å². The van der Waals surface area contributed by atoms with E-state index in [0.717, 1.165) is 6.42 Å². The first-order chi connectivity index (χ1) is 12.1. The molecule has 0 aliphatic heterocycles. The normalized spacial score (nSPS) is 11.1. The van der Waals surface area contributed by atoms with Crippen LogP contribution in [0.5, 0.6) is 0 Å². The van der Waals surface area contributed by atoms with Crippen LogP contribution >= 0.6 is 0 Å². The van der Waals surface area contributed by atoms with Gasteiger partial charge in [0.05, 0.1) is 11.1 Å². The molecular formula is C20H27NO5. The van der Waals surface area contributed by atoms with Crippen LogP contribution in [0.3, 0.4) is 0 Å². The Balaban J connectivity index is 0.000000362. The van der Waals surface area contributed by atoms with Gasteiger partial charge in [-0.15, -0.1) is 0 Å². The number of nitrogens with two attached hydrogens (primary N) is 1. The van der Waals surface area contributed by atoms with Crippen molar-refractivity contribution in [1.29, 1.82) is 0 Å². The van der Waals surface area contributed by atoms with Crippen molar-refractivity contribution in [3.05, 3.63) is 71.8 Å². The number of aliphatic hydroxyl groups excluding tert-OH is 1. The van der Waals surface area contributed by atoms with Crippen molar-refractivity contribution < 1.29 is 24.9 Å². The molecule has 0 saturated heterocycles. The molecule has 0 saturated carbocycles. The Kier molecular flexibility index (Phi) is 10.6. The van der Waals surface area contributed by atoms with Crippen LogP contribution in [0.4, 0.5) is 0 Å². The van der Waals surface area contributed by atoms with Gasteiger partial charge in [0.15, 0.2) is 0 Å². The number of aromatic carboxylic acids is 2. The van der Waals surface area contributed by atoms with E-state index in [4.69, 9.17) is 21.1 Å². The van der Waals surface area contributed by atoms with Gasteiger partial charge < -0.3 is 21.1 Å². The van der Waals surface area contributed by atoms with Gasteiger partial charge in [-0.05, 0) is 30.7 Å². The Bertz CT molecular complexity index is 605. The van der Waals surface area contributed by atoms with Crippen molar-refractivity contribution in [2.45, 2.75) is 33.4 Å². The summed E-state index contributed by atoms with van der Waals surface area (Å²) < 4.78 is 0. The minimum Gasteiger partial charge on any atom is -0.478 e. The maximum Gasteiger partial charge on any atom is 0.335 e. The van der Waals surface area contributed by atoms with Gasteiger partial charge in [0.25, 0.3) is 0 Å². The maximum atomic E-state index is 10.2. The summed E-state index contributed by atoms with van der Waals surface area (Å²) in [6.45, 7) is 5.89. The fourth-order valence-electron chi connectivity index (χ4n) is 1.37. The average Bonchev–Trinajstić information content (AvgIpc) is 2.64. The second-order valence-electron chi connectivity index (χ2n) is 6.13. The van der Waals surface area contributed by atoms with Crippen molar-refractivity contribution in [3.63, 3.8) is 0 Å². The number of carbonyl (C=O) groups is 2. The number of carboxylic acid groups (broad SMARTS) is 2. The first-order valence-corrected chi connectivity index (χ1v) is 8.12. The summed E-state index contributed by atoms with van der Waals surface area (Å²) in [6.07, 6.45) is 0.220. The third kappa shape index (κ3) is 9.56. The summed E-state index contributed by atoms with van der Waals surface area (Å²) in [5.74, 6) is -1.76.